The molecule has 0 aliphatic carbocycles. The maximum Gasteiger partial charge on any atom is 0.204 e. The van der Waals surface area contributed by atoms with Crippen molar-refractivity contribution in [3.8, 4) is 23.0 Å². The number of allylic oxidation sites excluding steroid dienone is 2. The summed E-state index contributed by atoms with van der Waals surface area (Å²) in [6.07, 6.45) is 3.87. The quantitative estimate of drug-likeness (QED) is 0.323. The number of benzene rings is 2. The average Bonchev–Trinajstić information content (AvgIpc) is 2.64. The highest BCUT2D eigenvalue weighted by atomic mass is 16.5. The molecule has 0 aliphatic rings. The first kappa shape index (κ1) is 22.5. The number of phenolic OH excluding ortho intramolecular Hbond substituents is 3. The number of aryl methyl sites for hydroxylation is 1. The van der Waals surface area contributed by atoms with Crippen molar-refractivity contribution in [2.24, 2.45) is 0 Å². The predicted octanol–water partition coefficient (Wildman–Crippen LogP) is 4.50. The number of fused-ring (bicyclic) bond motifs is 2. The van der Waals surface area contributed by atoms with E-state index in [4.69, 9.17) is 9.15 Å². The Kier molecular flexibility index (Phi) is 6.18. The third-order valence-corrected chi connectivity index (χ3v) is 5.42. The van der Waals surface area contributed by atoms with Crippen LogP contribution in [0.5, 0.6) is 23.0 Å². The zero-order chi connectivity index (χ0) is 22.9. The smallest absolute Gasteiger partial charge is 0.204 e. The standard InChI is InChI=1S/C24H28O7/c1-13(2)6-5-8-24(3,29)9-7-15-20-19(12-17(27)23(15)30-4)31-18-11-14(25)10-16(26)21(18)22(20)28/h6,10-12,25-27,29H,5,7-9H2,1-4H3/t24-/m0/s1. The van der Waals surface area contributed by atoms with E-state index in [0.717, 1.165) is 12.5 Å². The van der Waals surface area contributed by atoms with Crippen LogP contribution in [-0.4, -0.2) is 33.1 Å². The largest absolute Gasteiger partial charge is 0.508 e. The lowest BCUT2D eigenvalue weighted by Crippen LogP contribution is -2.25. The van der Waals surface area contributed by atoms with Gasteiger partial charge in [0, 0.05) is 23.8 Å². The summed E-state index contributed by atoms with van der Waals surface area (Å²) in [4.78, 5) is 13.3. The Morgan fingerprint density at radius 2 is 1.74 bits per heavy atom. The first-order chi connectivity index (χ1) is 14.5. The van der Waals surface area contributed by atoms with Gasteiger partial charge in [0.05, 0.1) is 18.1 Å². The van der Waals surface area contributed by atoms with E-state index < -0.39 is 16.8 Å². The van der Waals surface area contributed by atoms with Crippen molar-refractivity contribution in [3.63, 3.8) is 0 Å². The lowest BCUT2D eigenvalue weighted by molar-refractivity contribution is 0.0432. The monoisotopic (exact) mass is 428 g/mol. The lowest BCUT2D eigenvalue weighted by Gasteiger charge is -2.24. The second-order valence-corrected chi connectivity index (χ2v) is 8.37. The van der Waals surface area contributed by atoms with Gasteiger partial charge >= 0.3 is 0 Å². The maximum absolute atomic E-state index is 13.3. The number of aromatic hydroxyl groups is 3. The summed E-state index contributed by atoms with van der Waals surface area (Å²) >= 11 is 0. The molecule has 7 heteroatoms. The Morgan fingerprint density at radius 3 is 2.39 bits per heavy atom. The Bertz CT molecular complexity index is 1210. The molecule has 0 bridgehead atoms. The van der Waals surface area contributed by atoms with Crippen molar-refractivity contribution < 1.29 is 29.6 Å². The van der Waals surface area contributed by atoms with E-state index in [1.54, 1.807) is 6.92 Å². The molecule has 3 rings (SSSR count). The van der Waals surface area contributed by atoms with Gasteiger partial charge in [0.15, 0.2) is 11.5 Å². The lowest BCUT2D eigenvalue weighted by atomic mass is 9.90. The molecule has 3 aromatic rings. The molecule has 0 amide bonds. The topological polar surface area (TPSA) is 120 Å². The Morgan fingerprint density at radius 1 is 1.06 bits per heavy atom. The highest BCUT2D eigenvalue weighted by Crippen LogP contribution is 2.39. The fourth-order valence-corrected chi connectivity index (χ4v) is 3.80. The molecule has 7 nitrogen and oxygen atoms in total. The van der Waals surface area contributed by atoms with E-state index >= 15 is 0 Å². The number of methoxy groups -OCH3 is 1. The Hall–Kier alpha value is -3.19. The van der Waals surface area contributed by atoms with Crippen LogP contribution >= 0.6 is 0 Å². The van der Waals surface area contributed by atoms with Crippen molar-refractivity contribution in [1.82, 2.24) is 0 Å². The number of rotatable bonds is 7. The van der Waals surface area contributed by atoms with Gasteiger partial charge in [0.2, 0.25) is 5.43 Å². The van der Waals surface area contributed by atoms with Gasteiger partial charge in [-0.05, 0) is 46.5 Å². The normalized spacial score (nSPS) is 13.3. The average molecular weight is 428 g/mol. The minimum Gasteiger partial charge on any atom is -0.508 e. The van der Waals surface area contributed by atoms with Crippen molar-refractivity contribution in [2.75, 3.05) is 7.11 Å². The van der Waals surface area contributed by atoms with Gasteiger partial charge in [-0.1, -0.05) is 11.6 Å². The van der Waals surface area contributed by atoms with Crippen LogP contribution < -0.4 is 10.2 Å². The summed E-state index contributed by atoms with van der Waals surface area (Å²) < 4.78 is 11.1. The number of aliphatic hydroxyl groups is 1. The van der Waals surface area contributed by atoms with Gasteiger partial charge in [-0.15, -0.1) is 0 Å². The van der Waals surface area contributed by atoms with Crippen LogP contribution in [0, 0.1) is 0 Å². The first-order valence-electron chi connectivity index (χ1n) is 10.1. The van der Waals surface area contributed by atoms with Gasteiger partial charge in [-0.25, -0.2) is 0 Å². The molecule has 1 heterocycles. The minimum atomic E-state index is -1.00. The predicted molar refractivity (Wildman–Crippen MR) is 119 cm³/mol. The van der Waals surface area contributed by atoms with Crippen molar-refractivity contribution >= 4 is 21.9 Å². The van der Waals surface area contributed by atoms with E-state index in [1.165, 1.54) is 24.8 Å². The van der Waals surface area contributed by atoms with E-state index in [-0.39, 0.29) is 45.6 Å². The van der Waals surface area contributed by atoms with Crippen LogP contribution in [0.1, 0.15) is 45.6 Å². The van der Waals surface area contributed by atoms with E-state index in [2.05, 4.69) is 6.08 Å². The van der Waals surface area contributed by atoms with Gasteiger partial charge in [0.25, 0.3) is 0 Å². The Labute approximate surface area is 179 Å². The molecule has 166 valence electrons. The minimum absolute atomic E-state index is 0.000707. The molecular weight excluding hydrogens is 400 g/mol. The summed E-state index contributed by atoms with van der Waals surface area (Å²) in [5.41, 5.74) is 0.153. The van der Waals surface area contributed by atoms with E-state index in [9.17, 15) is 25.2 Å². The molecule has 1 aromatic heterocycles. The second-order valence-electron chi connectivity index (χ2n) is 8.37. The third kappa shape index (κ3) is 4.61. The Balaban J connectivity index is 2.14. The summed E-state index contributed by atoms with van der Waals surface area (Å²) in [6.45, 7) is 5.73. The number of hydrogen-bond acceptors (Lipinski definition) is 7. The van der Waals surface area contributed by atoms with Gasteiger partial charge in [0.1, 0.15) is 28.1 Å². The van der Waals surface area contributed by atoms with Crippen LogP contribution in [0.4, 0.5) is 0 Å². The summed E-state index contributed by atoms with van der Waals surface area (Å²) in [7, 11) is 1.38. The molecule has 0 fully saturated rings. The zero-order valence-electron chi connectivity index (χ0n) is 18.2. The van der Waals surface area contributed by atoms with Crippen LogP contribution in [0.15, 0.2) is 39.1 Å². The molecule has 0 aliphatic heterocycles. The van der Waals surface area contributed by atoms with Gasteiger partial charge in [-0.2, -0.15) is 0 Å². The maximum atomic E-state index is 13.3. The van der Waals surface area contributed by atoms with Crippen LogP contribution in [0.25, 0.3) is 21.9 Å². The fraction of sp³-hybridized carbons (Fsp3) is 0.375. The molecule has 1 atom stereocenters. The highest BCUT2D eigenvalue weighted by molar-refractivity contribution is 5.96. The summed E-state index contributed by atoms with van der Waals surface area (Å²) in [6, 6.07) is 3.56. The fourth-order valence-electron chi connectivity index (χ4n) is 3.80. The van der Waals surface area contributed by atoms with Crippen LogP contribution in [0.2, 0.25) is 0 Å². The summed E-state index contributed by atoms with van der Waals surface area (Å²) in [5, 5.41) is 41.3. The van der Waals surface area contributed by atoms with Crippen LogP contribution in [0.3, 0.4) is 0 Å². The van der Waals surface area contributed by atoms with Crippen LogP contribution in [-0.2, 0) is 6.42 Å². The molecule has 0 saturated heterocycles. The van der Waals surface area contributed by atoms with Crippen molar-refractivity contribution in [2.45, 2.75) is 52.1 Å². The van der Waals surface area contributed by atoms with Crippen molar-refractivity contribution in [3.05, 3.63) is 45.6 Å². The van der Waals surface area contributed by atoms with Crippen molar-refractivity contribution in [1.29, 1.82) is 0 Å². The number of phenols is 3. The summed E-state index contributed by atoms with van der Waals surface area (Å²) in [5.74, 6) is -0.742. The highest BCUT2D eigenvalue weighted by Gasteiger charge is 2.25. The molecule has 0 unspecified atom stereocenters. The molecule has 0 radical (unpaired) electrons. The number of hydrogen-bond donors (Lipinski definition) is 4. The molecule has 2 aromatic carbocycles. The molecule has 0 spiro atoms. The molecule has 4 N–H and O–H groups in total. The number of ether oxygens (including phenoxy) is 1. The molecular formula is C24H28O7. The second kappa shape index (κ2) is 8.51. The third-order valence-electron chi connectivity index (χ3n) is 5.42. The first-order valence-corrected chi connectivity index (χ1v) is 10.1. The SMILES string of the molecule is COc1c(O)cc2oc3cc(O)cc(O)c3c(=O)c2c1CC[C@@](C)(O)CCC=C(C)C. The van der Waals surface area contributed by atoms with Gasteiger partial charge < -0.3 is 29.6 Å². The van der Waals surface area contributed by atoms with Gasteiger partial charge in [-0.3, -0.25) is 4.79 Å². The zero-order valence-corrected chi connectivity index (χ0v) is 18.2. The van der Waals surface area contributed by atoms with E-state index in [0.29, 0.717) is 18.4 Å². The molecule has 0 saturated carbocycles. The molecule has 31 heavy (non-hydrogen) atoms. The van der Waals surface area contributed by atoms with E-state index in [1.807, 2.05) is 13.8 Å².